The molecule has 188 valence electrons. The first-order valence-corrected chi connectivity index (χ1v) is 11.8. The summed E-state index contributed by atoms with van der Waals surface area (Å²) in [5.41, 5.74) is 9.64. The Balaban J connectivity index is 1.51. The number of rotatable bonds is 8. The number of nitrogens with zero attached hydrogens (tertiary/aromatic N) is 1. The van der Waals surface area contributed by atoms with Crippen molar-refractivity contribution in [1.29, 1.82) is 5.26 Å². The first-order chi connectivity index (χ1) is 17.8. The molecular weight excluding hydrogens is 492 g/mol. The van der Waals surface area contributed by atoms with Crippen LogP contribution in [0.1, 0.15) is 28.2 Å². The zero-order valence-electron chi connectivity index (χ0n) is 20.4. The van der Waals surface area contributed by atoms with E-state index in [2.05, 4.69) is 12.6 Å². The van der Waals surface area contributed by atoms with E-state index in [9.17, 15) is 10.1 Å². The van der Waals surface area contributed by atoms with Gasteiger partial charge in [-0.2, -0.15) is 5.26 Å². The van der Waals surface area contributed by atoms with Crippen LogP contribution in [-0.2, 0) is 4.79 Å². The lowest BCUT2D eigenvalue weighted by atomic mass is 9.83. The molecule has 0 aliphatic carbocycles. The second kappa shape index (κ2) is 11.1. The molecule has 8 heteroatoms. The van der Waals surface area contributed by atoms with E-state index in [1.54, 1.807) is 36.4 Å². The van der Waals surface area contributed by atoms with Gasteiger partial charge in [0.2, 0.25) is 5.88 Å². The van der Waals surface area contributed by atoms with Gasteiger partial charge in [0, 0.05) is 16.7 Å². The molecule has 0 saturated carbocycles. The highest BCUT2D eigenvalue weighted by molar-refractivity contribution is 6.32. The normalized spacial score (nSPS) is 14.2. The van der Waals surface area contributed by atoms with Crippen LogP contribution in [0.5, 0.6) is 23.0 Å². The number of esters is 1. The van der Waals surface area contributed by atoms with Crippen LogP contribution in [0.2, 0.25) is 5.02 Å². The lowest BCUT2D eigenvalue weighted by molar-refractivity contribution is -0.136. The molecule has 3 aromatic carbocycles. The second-order valence-electron chi connectivity index (χ2n) is 8.43. The summed E-state index contributed by atoms with van der Waals surface area (Å²) in [4.78, 5) is 12.4. The summed E-state index contributed by atoms with van der Waals surface area (Å²) in [7, 11) is 0. The predicted molar refractivity (Wildman–Crippen MR) is 140 cm³/mol. The molecule has 0 amide bonds. The van der Waals surface area contributed by atoms with Gasteiger partial charge in [0.15, 0.2) is 6.61 Å². The molecule has 1 heterocycles. The number of fused-ring (bicyclic) bond motifs is 1. The number of hydrogen-bond donors (Lipinski definition) is 1. The zero-order chi connectivity index (χ0) is 26.5. The molecule has 1 aliphatic rings. The molecule has 7 nitrogen and oxygen atoms in total. The summed E-state index contributed by atoms with van der Waals surface area (Å²) >= 11 is 6.18. The number of aryl methyl sites for hydroxylation is 2. The number of benzene rings is 3. The fourth-order valence-corrected chi connectivity index (χ4v) is 4.16. The van der Waals surface area contributed by atoms with E-state index < -0.39 is 11.9 Å². The molecule has 0 saturated heterocycles. The fourth-order valence-electron chi connectivity index (χ4n) is 4.05. The van der Waals surface area contributed by atoms with E-state index in [-0.39, 0.29) is 18.2 Å². The minimum Gasteiger partial charge on any atom is -0.490 e. The number of carbonyl (C=O) groups is 1. The van der Waals surface area contributed by atoms with Crippen LogP contribution < -0.4 is 24.7 Å². The van der Waals surface area contributed by atoms with E-state index in [0.29, 0.717) is 40.0 Å². The molecular formula is C29H25ClN2O5. The minimum absolute atomic E-state index is 0.00716. The molecule has 4 rings (SSSR count). The lowest BCUT2D eigenvalue weighted by Gasteiger charge is -2.26. The quantitative estimate of drug-likeness (QED) is 0.232. The van der Waals surface area contributed by atoms with Gasteiger partial charge in [-0.15, -0.1) is 0 Å². The highest BCUT2D eigenvalue weighted by Gasteiger charge is 2.31. The van der Waals surface area contributed by atoms with Crippen molar-refractivity contribution in [2.24, 2.45) is 5.73 Å². The molecule has 0 bridgehead atoms. The molecule has 1 aliphatic heterocycles. The van der Waals surface area contributed by atoms with Gasteiger partial charge in [-0.1, -0.05) is 42.5 Å². The summed E-state index contributed by atoms with van der Waals surface area (Å²) in [6, 6.07) is 18.0. The van der Waals surface area contributed by atoms with E-state index in [1.165, 1.54) is 0 Å². The average molecular weight is 517 g/mol. The van der Waals surface area contributed by atoms with Crippen LogP contribution in [0.4, 0.5) is 0 Å². The molecule has 0 fully saturated rings. The molecule has 3 aromatic rings. The summed E-state index contributed by atoms with van der Waals surface area (Å²) < 4.78 is 22.3. The van der Waals surface area contributed by atoms with Crippen molar-refractivity contribution in [3.05, 3.63) is 106 Å². The molecule has 1 unspecified atom stereocenters. The third-order valence-corrected chi connectivity index (χ3v) is 6.37. The van der Waals surface area contributed by atoms with Crippen molar-refractivity contribution in [2.75, 3.05) is 13.2 Å². The third-order valence-electron chi connectivity index (χ3n) is 5.77. The largest absolute Gasteiger partial charge is 0.490 e. The van der Waals surface area contributed by atoms with Gasteiger partial charge in [0.25, 0.3) is 0 Å². The molecule has 37 heavy (non-hydrogen) atoms. The summed E-state index contributed by atoms with van der Waals surface area (Å²) in [6.07, 6.45) is 1.66. The molecule has 0 spiro atoms. The van der Waals surface area contributed by atoms with Gasteiger partial charge in [-0.25, -0.2) is 4.79 Å². The maximum Gasteiger partial charge on any atom is 0.349 e. The summed E-state index contributed by atoms with van der Waals surface area (Å²) in [6.45, 7) is 7.47. The van der Waals surface area contributed by atoms with Gasteiger partial charge < -0.3 is 24.7 Å². The second-order valence-corrected chi connectivity index (χ2v) is 8.80. The van der Waals surface area contributed by atoms with Crippen molar-refractivity contribution in [1.82, 2.24) is 0 Å². The number of ether oxygens (including phenoxy) is 4. The van der Waals surface area contributed by atoms with Gasteiger partial charge in [-0.3, -0.25) is 0 Å². The SMILES string of the molecule is C=CCOc1ccc(C2C(C#N)=C(N)Oc3cc(OC(=O)COc4cc(C)c(Cl)c(C)c4)ccc32)cc1. The summed E-state index contributed by atoms with van der Waals surface area (Å²) in [5, 5.41) is 10.4. The molecule has 1 atom stereocenters. The third kappa shape index (κ3) is 5.71. The average Bonchev–Trinajstić information content (AvgIpc) is 2.88. The summed E-state index contributed by atoms with van der Waals surface area (Å²) in [5.74, 6) is 0.808. The first-order valence-electron chi connectivity index (χ1n) is 11.5. The lowest BCUT2D eigenvalue weighted by Crippen LogP contribution is -2.21. The molecule has 0 aromatic heterocycles. The van der Waals surface area contributed by atoms with Crippen LogP contribution >= 0.6 is 11.6 Å². The van der Waals surface area contributed by atoms with Crippen molar-refractivity contribution >= 4 is 17.6 Å². The highest BCUT2D eigenvalue weighted by atomic mass is 35.5. The maximum absolute atomic E-state index is 12.4. The van der Waals surface area contributed by atoms with Crippen LogP contribution in [0.3, 0.4) is 0 Å². The first kappa shape index (κ1) is 25.7. The number of nitriles is 1. The Labute approximate surface area is 220 Å². The van der Waals surface area contributed by atoms with Crippen molar-refractivity contribution in [3.8, 4) is 29.1 Å². The van der Waals surface area contributed by atoms with E-state index >= 15 is 0 Å². The van der Waals surface area contributed by atoms with Crippen molar-refractivity contribution in [3.63, 3.8) is 0 Å². The van der Waals surface area contributed by atoms with Crippen LogP contribution in [0.25, 0.3) is 0 Å². The smallest absolute Gasteiger partial charge is 0.349 e. The van der Waals surface area contributed by atoms with Crippen LogP contribution in [-0.4, -0.2) is 19.2 Å². The number of allylic oxidation sites excluding steroid dienone is 1. The molecule has 2 N–H and O–H groups in total. The standard InChI is InChI=1S/C29H25ClN2O5/c1-4-11-34-20-7-5-19(6-8-20)27-23-10-9-21(14-25(23)37-29(32)24(27)15-31)36-26(33)16-35-22-12-17(2)28(30)18(3)13-22/h4-10,12-14,27H,1,11,16,32H2,2-3H3. The Hall–Kier alpha value is -4.41. The fraction of sp³-hybridized carbons (Fsp3) is 0.172. The maximum atomic E-state index is 12.4. The Kier molecular flexibility index (Phi) is 7.71. The number of carbonyl (C=O) groups excluding carboxylic acids is 1. The highest BCUT2D eigenvalue weighted by Crippen LogP contribution is 2.43. The Bertz CT molecular complexity index is 1400. The van der Waals surface area contributed by atoms with E-state index in [0.717, 1.165) is 16.7 Å². The van der Waals surface area contributed by atoms with E-state index in [4.69, 9.17) is 36.3 Å². The van der Waals surface area contributed by atoms with Gasteiger partial charge in [-0.05, 0) is 60.9 Å². The number of nitrogens with two attached hydrogens (primary N) is 1. The Morgan fingerprint density at radius 2 is 1.76 bits per heavy atom. The number of halogens is 1. The van der Waals surface area contributed by atoms with Crippen LogP contribution in [0.15, 0.2) is 78.7 Å². The van der Waals surface area contributed by atoms with Crippen LogP contribution in [0, 0.1) is 25.2 Å². The van der Waals surface area contributed by atoms with Crippen molar-refractivity contribution < 1.29 is 23.7 Å². The predicted octanol–water partition coefficient (Wildman–Crippen LogP) is 5.72. The monoisotopic (exact) mass is 516 g/mol. The van der Waals surface area contributed by atoms with Crippen molar-refractivity contribution in [2.45, 2.75) is 19.8 Å². The molecule has 0 radical (unpaired) electrons. The zero-order valence-corrected chi connectivity index (χ0v) is 21.2. The van der Waals surface area contributed by atoms with Gasteiger partial charge >= 0.3 is 5.97 Å². The van der Waals surface area contributed by atoms with Gasteiger partial charge in [0.1, 0.15) is 41.2 Å². The Morgan fingerprint density at radius 1 is 1.08 bits per heavy atom. The van der Waals surface area contributed by atoms with E-state index in [1.807, 2.05) is 38.1 Å². The Morgan fingerprint density at radius 3 is 2.41 bits per heavy atom. The number of hydrogen-bond acceptors (Lipinski definition) is 7. The topological polar surface area (TPSA) is 104 Å². The van der Waals surface area contributed by atoms with Gasteiger partial charge in [0.05, 0.1) is 5.92 Å². The minimum atomic E-state index is -0.589.